The topological polar surface area (TPSA) is 84.7 Å². The smallest absolute Gasteiger partial charge is 0.347 e. The number of likely N-dealkylation sites (tertiary alicyclic amines) is 1. The van der Waals surface area contributed by atoms with Crippen LogP contribution in [0.15, 0.2) is 23.3 Å². The maximum absolute atomic E-state index is 12.8. The van der Waals surface area contributed by atoms with Gasteiger partial charge in [-0.1, -0.05) is 20.8 Å². The zero-order chi connectivity index (χ0) is 21.1. The number of carbonyl (C=O) groups is 2. The van der Waals surface area contributed by atoms with Crippen molar-refractivity contribution >= 4 is 11.8 Å². The van der Waals surface area contributed by atoms with Gasteiger partial charge in [-0.25, -0.2) is 9.78 Å². The van der Waals surface area contributed by atoms with Gasteiger partial charge in [0.2, 0.25) is 11.8 Å². The van der Waals surface area contributed by atoms with E-state index >= 15 is 0 Å². The molecule has 160 valence electrons. The Hall–Kier alpha value is -2.22. The van der Waals surface area contributed by atoms with Crippen molar-refractivity contribution in [3.63, 3.8) is 0 Å². The summed E-state index contributed by atoms with van der Waals surface area (Å²) in [6.45, 7) is 9.51. The van der Waals surface area contributed by atoms with Crippen molar-refractivity contribution in [3.05, 3.63) is 28.9 Å². The first-order chi connectivity index (χ1) is 13.7. The average molecular weight is 405 g/mol. The van der Waals surface area contributed by atoms with Gasteiger partial charge in [0.05, 0.1) is 18.6 Å². The molecule has 2 fully saturated rings. The van der Waals surface area contributed by atoms with E-state index in [9.17, 15) is 14.4 Å². The lowest BCUT2D eigenvalue weighted by molar-refractivity contribution is -0.141. The van der Waals surface area contributed by atoms with Crippen LogP contribution < -0.4 is 5.69 Å². The lowest BCUT2D eigenvalue weighted by Crippen LogP contribution is -2.50. The zero-order valence-corrected chi connectivity index (χ0v) is 17.7. The molecule has 0 saturated carbocycles. The van der Waals surface area contributed by atoms with Gasteiger partial charge < -0.3 is 14.5 Å². The normalized spacial score (nSPS) is 20.0. The van der Waals surface area contributed by atoms with Crippen molar-refractivity contribution in [3.8, 4) is 0 Å². The number of piperidine rings is 1. The molecule has 1 aromatic rings. The highest BCUT2D eigenvalue weighted by Crippen LogP contribution is 2.33. The van der Waals surface area contributed by atoms with Crippen molar-refractivity contribution < 1.29 is 14.3 Å². The SMILES string of the molecule is CC(C)(C)CCN1CCOC2(CCN(C(=O)Cn3cccnc3=O)CC2)CC1=O. The van der Waals surface area contributed by atoms with Crippen LogP contribution in [0.25, 0.3) is 0 Å². The minimum Gasteiger partial charge on any atom is -0.372 e. The number of nitrogens with zero attached hydrogens (tertiary/aromatic N) is 4. The number of hydrogen-bond acceptors (Lipinski definition) is 5. The second kappa shape index (κ2) is 8.65. The van der Waals surface area contributed by atoms with Crippen LogP contribution in [0.1, 0.15) is 46.5 Å². The van der Waals surface area contributed by atoms with Gasteiger partial charge in [0, 0.05) is 38.6 Å². The Kier molecular flexibility index (Phi) is 6.41. The molecule has 0 unspecified atom stereocenters. The molecule has 0 aliphatic carbocycles. The number of aromatic nitrogens is 2. The first-order valence-electron chi connectivity index (χ1n) is 10.4. The van der Waals surface area contributed by atoms with E-state index < -0.39 is 11.3 Å². The van der Waals surface area contributed by atoms with Crippen molar-refractivity contribution in [1.29, 1.82) is 0 Å². The van der Waals surface area contributed by atoms with Crippen LogP contribution in [-0.2, 0) is 20.9 Å². The third-order valence-electron chi connectivity index (χ3n) is 5.84. The van der Waals surface area contributed by atoms with Crippen molar-refractivity contribution in [2.45, 2.75) is 58.6 Å². The summed E-state index contributed by atoms with van der Waals surface area (Å²) in [6.07, 6.45) is 5.60. The van der Waals surface area contributed by atoms with Crippen LogP contribution in [0.4, 0.5) is 0 Å². The molecule has 29 heavy (non-hydrogen) atoms. The molecule has 0 radical (unpaired) electrons. The molecule has 1 aromatic heterocycles. The standard InChI is InChI=1S/C21H32N4O4/c1-20(2,3)5-10-24-13-14-29-21(15-17(24)26)6-11-23(12-7-21)18(27)16-25-9-4-8-22-19(25)28/h4,8-9H,5-7,10-16H2,1-3H3. The van der Waals surface area contributed by atoms with E-state index in [0.29, 0.717) is 45.5 Å². The van der Waals surface area contributed by atoms with Gasteiger partial charge in [-0.15, -0.1) is 0 Å². The maximum atomic E-state index is 12.8. The van der Waals surface area contributed by atoms with Gasteiger partial charge in [-0.05, 0) is 30.7 Å². The molecule has 0 aromatic carbocycles. The molecule has 2 aliphatic heterocycles. The molecule has 0 bridgehead atoms. The molecule has 8 heteroatoms. The Morgan fingerprint density at radius 2 is 1.93 bits per heavy atom. The highest BCUT2D eigenvalue weighted by Gasteiger charge is 2.41. The van der Waals surface area contributed by atoms with E-state index in [-0.39, 0.29) is 23.8 Å². The summed E-state index contributed by atoms with van der Waals surface area (Å²) in [6, 6.07) is 1.64. The summed E-state index contributed by atoms with van der Waals surface area (Å²) in [5.41, 5.74) is -0.717. The third-order valence-corrected chi connectivity index (χ3v) is 5.84. The molecule has 8 nitrogen and oxygen atoms in total. The fourth-order valence-electron chi connectivity index (χ4n) is 3.88. The van der Waals surface area contributed by atoms with Crippen LogP contribution in [-0.4, -0.2) is 69.6 Å². The van der Waals surface area contributed by atoms with Gasteiger partial charge >= 0.3 is 5.69 Å². The van der Waals surface area contributed by atoms with Crippen LogP contribution in [0, 0.1) is 5.41 Å². The second-order valence-corrected chi connectivity index (χ2v) is 9.31. The Morgan fingerprint density at radius 3 is 2.59 bits per heavy atom. The zero-order valence-electron chi connectivity index (χ0n) is 17.7. The van der Waals surface area contributed by atoms with Crippen molar-refractivity contribution in [2.75, 3.05) is 32.8 Å². The number of hydrogen-bond donors (Lipinski definition) is 0. The fraction of sp³-hybridized carbons (Fsp3) is 0.714. The first kappa shape index (κ1) is 21.5. The number of ether oxygens (including phenoxy) is 1. The van der Waals surface area contributed by atoms with E-state index in [1.807, 2.05) is 4.90 Å². The summed E-state index contributed by atoms with van der Waals surface area (Å²) in [7, 11) is 0. The maximum Gasteiger partial charge on any atom is 0.347 e. The Bertz CT molecular complexity index is 790. The lowest BCUT2D eigenvalue weighted by atomic mass is 9.87. The summed E-state index contributed by atoms with van der Waals surface area (Å²) in [5.74, 6) is 0.0372. The van der Waals surface area contributed by atoms with E-state index in [2.05, 4.69) is 25.8 Å². The quantitative estimate of drug-likeness (QED) is 0.755. The van der Waals surface area contributed by atoms with Crippen LogP contribution >= 0.6 is 0 Å². The van der Waals surface area contributed by atoms with Crippen molar-refractivity contribution in [2.24, 2.45) is 5.41 Å². The largest absolute Gasteiger partial charge is 0.372 e. The van der Waals surface area contributed by atoms with Crippen molar-refractivity contribution in [1.82, 2.24) is 19.4 Å². The molecular formula is C21H32N4O4. The second-order valence-electron chi connectivity index (χ2n) is 9.31. The van der Waals surface area contributed by atoms with E-state index in [0.717, 1.165) is 13.0 Å². The summed E-state index contributed by atoms with van der Waals surface area (Å²) < 4.78 is 7.47. The van der Waals surface area contributed by atoms with E-state index in [1.165, 1.54) is 10.8 Å². The molecule has 3 rings (SSSR count). The third kappa shape index (κ3) is 5.65. The molecule has 0 N–H and O–H groups in total. The molecular weight excluding hydrogens is 372 g/mol. The molecule has 2 amide bonds. The number of amides is 2. The molecule has 2 aliphatic rings. The Labute approximate surface area is 171 Å². The Morgan fingerprint density at radius 1 is 1.21 bits per heavy atom. The molecule has 3 heterocycles. The lowest BCUT2D eigenvalue weighted by Gasteiger charge is -2.40. The predicted molar refractivity (Wildman–Crippen MR) is 108 cm³/mol. The van der Waals surface area contributed by atoms with E-state index in [1.54, 1.807) is 17.2 Å². The average Bonchev–Trinajstić information content (AvgIpc) is 2.80. The van der Waals surface area contributed by atoms with Gasteiger partial charge in [0.25, 0.3) is 0 Å². The van der Waals surface area contributed by atoms with E-state index in [4.69, 9.17) is 4.74 Å². The number of carbonyl (C=O) groups excluding carboxylic acids is 2. The molecule has 1 spiro atoms. The van der Waals surface area contributed by atoms with Gasteiger partial charge in [-0.2, -0.15) is 0 Å². The summed E-state index contributed by atoms with van der Waals surface area (Å²) in [4.78, 5) is 44.5. The summed E-state index contributed by atoms with van der Waals surface area (Å²) >= 11 is 0. The minimum atomic E-state index is -0.477. The molecule has 2 saturated heterocycles. The van der Waals surface area contributed by atoms with Crippen LogP contribution in [0.3, 0.4) is 0 Å². The first-order valence-corrected chi connectivity index (χ1v) is 10.4. The van der Waals surface area contributed by atoms with Crippen LogP contribution in [0.5, 0.6) is 0 Å². The fourth-order valence-corrected chi connectivity index (χ4v) is 3.88. The minimum absolute atomic E-state index is 0.0138. The Balaban J connectivity index is 1.55. The van der Waals surface area contributed by atoms with Gasteiger partial charge in [-0.3, -0.25) is 14.2 Å². The molecule has 0 atom stereocenters. The monoisotopic (exact) mass is 404 g/mol. The predicted octanol–water partition coefficient (Wildman–Crippen LogP) is 1.29. The highest BCUT2D eigenvalue weighted by atomic mass is 16.5. The van der Waals surface area contributed by atoms with Gasteiger partial charge in [0.15, 0.2) is 0 Å². The number of rotatable bonds is 4. The summed E-state index contributed by atoms with van der Waals surface area (Å²) in [5, 5.41) is 0. The van der Waals surface area contributed by atoms with Crippen LogP contribution in [0.2, 0.25) is 0 Å². The van der Waals surface area contributed by atoms with Gasteiger partial charge in [0.1, 0.15) is 6.54 Å². The highest BCUT2D eigenvalue weighted by molar-refractivity contribution is 5.78.